The van der Waals surface area contributed by atoms with Crippen molar-refractivity contribution in [3.8, 4) is 0 Å². The van der Waals surface area contributed by atoms with Crippen molar-refractivity contribution in [3.05, 3.63) is 30.3 Å². The fraction of sp³-hybridized carbons (Fsp3) is 0.632. The summed E-state index contributed by atoms with van der Waals surface area (Å²) >= 11 is 0. The minimum absolute atomic E-state index is 0.120. The summed E-state index contributed by atoms with van der Waals surface area (Å²) in [5, 5.41) is 0. The van der Waals surface area contributed by atoms with E-state index in [1.54, 1.807) is 0 Å². The van der Waals surface area contributed by atoms with Crippen LogP contribution in [-0.4, -0.2) is 45.2 Å². The van der Waals surface area contributed by atoms with Crippen LogP contribution >= 0.6 is 0 Å². The Labute approximate surface area is 145 Å². The molecule has 0 saturated carbocycles. The second-order valence-corrected chi connectivity index (χ2v) is 5.38. The molecular weight excluding hydrogens is 306 g/mol. The number of carbonyl (C=O) groups is 1. The van der Waals surface area contributed by atoms with Gasteiger partial charge in [-0.3, -0.25) is 4.79 Å². The maximum atomic E-state index is 11.4. The monoisotopic (exact) mass is 337 g/mol. The predicted octanol–water partition coefficient (Wildman–Crippen LogP) is 3.63. The predicted molar refractivity (Wildman–Crippen MR) is 96.2 cm³/mol. The molecule has 0 aliphatic rings. The molecule has 0 spiro atoms. The van der Waals surface area contributed by atoms with Gasteiger partial charge < -0.3 is 19.1 Å². The van der Waals surface area contributed by atoms with Crippen LogP contribution in [0.2, 0.25) is 0 Å². The summed E-state index contributed by atoms with van der Waals surface area (Å²) in [7, 11) is 0. The highest BCUT2D eigenvalue weighted by Gasteiger charge is 2.15. The summed E-state index contributed by atoms with van der Waals surface area (Å²) in [5.74, 6) is -0.120. The fourth-order valence-electron chi connectivity index (χ4n) is 2.48. The van der Waals surface area contributed by atoms with Crippen LogP contribution in [0.5, 0.6) is 0 Å². The van der Waals surface area contributed by atoms with E-state index in [4.69, 9.17) is 14.2 Å². The van der Waals surface area contributed by atoms with E-state index in [1.807, 2.05) is 39.0 Å². The Hall–Kier alpha value is -1.59. The maximum absolute atomic E-state index is 11.4. The molecule has 0 aromatic heterocycles. The first-order chi connectivity index (χ1) is 11.7. The first kappa shape index (κ1) is 20.5. The molecule has 1 rings (SSSR count). The number of carbonyl (C=O) groups excluding carboxylic acids is 1. The normalized spacial score (nSPS) is 10.8. The molecule has 0 bridgehead atoms. The van der Waals surface area contributed by atoms with Crippen LogP contribution in [-0.2, 0) is 19.0 Å². The number of hydrogen-bond donors (Lipinski definition) is 0. The molecule has 0 aliphatic carbocycles. The van der Waals surface area contributed by atoms with Gasteiger partial charge in [0.1, 0.15) is 0 Å². The van der Waals surface area contributed by atoms with E-state index in [9.17, 15) is 4.79 Å². The minimum Gasteiger partial charge on any atom is -0.466 e. The molecule has 0 saturated heterocycles. The van der Waals surface area contributed by atoms with Crippen LogP contribution < -0.4 is 4.90 Å². The topological polar surface area (TPSA) is 48.0 Å². The van der Waals surface area contributed by atoms with Crippen molar-refractivity contribution >= 4 is 11.7 Å². The minimum atomic E-state index is -0.245. The van der Waals surface area contributed by atoms with Crippen molar-refractivity contribution in [1.82, 2.24) is 0 Å². The lowest BCUT2D eigenvalue weighted by atomic mass is 10.2. The highest BCUT2D eigenvalue weighted by Crippen LogP contribution is 2.16. The van der Waals surface area contributed by atoms with Gasteiger partial charge in [0, 0.05) is 31.9 Å². The van der Waals surface area contributed by atoms with Crippen molar-refractivity contribution in [1.29, 1.82) is 0 Å². The average molecular weight is 337 g/mol. The van der Waals surface area contributed by atoms with Gasteiger partial charge in [-0.05, 0) is 45.7 Å². The van der Waals surface area contributed by atoms with Gasteiger partial charge in [-0.25, -0.2) is 0 Å². The van der Waals surface area contributed by atoms with Crippen molar-refractivity contribution in [2.75, 3.05) is 37.8 Å². The molecule has 0 heterocycles. The molecule has 0 atom stereocenters. The van der Waals surface area contributed by atoms with Crippen LogP contribution in [0.15, 0.2) is 30.3 Å². The van der Waals surface area contributed by atoms with E-state index < -0.39 is 0 Å². The van der Waals surface area contributed by atoms with Gasteiger partial charge in [0.2, 0.25) is 0 Å². The van der Waals surface area contributed by atoms with E-state index in [-0.39, 0.29) is 12.3 Å². The second-order valence-electron chi connectivity index (χ2n) is 5.38. The Morgan fingerprint density at radius 3 is 2.25 bits per heavy atom. The standard InChI is InChI=1S/C19H31NO4/c1-4-22-18(21)14-10-11-15-20(17-12-8-7-9-13-17)16-19(23-5-2)24-6-3/h7-9,12-13,19H,4-6,10-11,14-16H2,1-3H3. The maximum Gasteiger partial charge on any atom is 0.305 e. The summed E-state index contributed by atoms with van der Waals surface area (Å²) in [6, 6.07) is 10.2. The zero-order chi connectivity index (χ0) is 17.6. The molecule has 1 aromatic rings. The molecule has 0 amide bonds. The number of anilines is 1. The number of nitrogens with zero attached hydrogens (tertiary/aromatic N) is 1. The van der Waals surface area contributed by atoms with Crippen LogP contribution in [0.25, 0.3) is 0 Å². The number of ether oxygens (including phenoxy) is 3. The molecule has 5 heteroatoms. The highest BCUT2D eigenvalue weighted by atomic mass is 16.7. The van der Waals surface area contributed by atoms with E-state index >= 15 is 0 Å². The van der Waals surface area contributed by atoms with Crippen LogP contribution in [0, 0.1) is 0 Å². The molecular formula is C19H31NO4. The first-order valence-electron chi connectivity index (χ1n) is 8.90. The van der Waals surface area contributed by atoms with E-state index in [1.165, 1.54) is 0 Å². The zero-order valence-electron chi connectivity index (χ0n) is 15.2. The Balaban J connectivity index is 2.57. The Morgan fingerprint density at radius 2 is 1.67 bits per heavy atom. The smallest absolute Gasteiger partial charge is 0.305 e. The average Bonchev–Trinajstić information content (AvgIpc) is 2.59. The number of unbranched alkanes of at least 4 members (excludes halogenated alkanes) is 1. The van der Waals surface area contributed by atoms with Gasteiger partial charge in [0.15, 0.2) is 6.29 Å². The Bertz CT molecular complexity index is 432. The third kappa shape index (κ3) is 8.31. The third-order valence-corrected chi connectivity index (χ3v) is 3.56. The van der Waals surface area contributed by atoms with Crippen LogP contribution in [0.4, 0.5) is 5.69 Å². The molecule has 0 N–H and O–H groups in total. The van der Waals surface area contributed by atoms with Crippen molar-refractivity contribution < 1.29 is 19.0 Å². The Morgan fingerprint density at radius 1 is 1.00 bits per heavy atom. The molecule has 0 aliphatic heterocycles. The van der Waals surface area contributed by atoms with Crippen LogP contribution in [0.3, 0.4) is 0 Å². The van der Waals surface area contributed by atoms with Gasteiger partial charge in [-0.15, -0.1) is 0 Å². The number of benzene rings is 1. The highest BCUT2D eigenvalue weighted by molar-refractivity contribution is 5.69. The molecule has 24 heavy (non-hydrogen) atoms. The molecule has 5 nitrogen and oxygen atoms in total. The SMILES string of the molecule is CCOC(=O)CCCCN(CC(OCC)OCC)c1ccccc1. The summed E-state index contributed by atoms with van der Waals surface area (Å²) in [4.78, 5) is 13.7. The number of hydrogen-bond acceptors (Lipinski definition) is 5. The molecule has 136 valence electrons. The van der Waals surface area contributed by atoms with Gasteiger partial charge in [0.05, 0.1) is 13.2 Å². The summed E-state index contributed by atoms with van der Waals surface area (Å²) in [5.41, 5.74) is 1.14. The second kappa shape index (κ2) is 12.8. The fourth-order valence-corrected chi connectivity index (χ4v) is 2.48. The third-order valence-electron chi connectivity index (χ3n) is 3.56. The van der Waals surface area contributed by atoms with Crippen molar-refractivity contribution in [3.63, 3.8) is 0 Å². The quantitative estimate of drug-likeness (QED) is 0.312. The lowest BCUT2D eigenvalue weighted by Gasteiger charge is -2.29. The summed E-state index contributed by atoms with van der Waals surface area (Å²) < 4.78 is 16.3. The van der Waals surface area contributed by atoms with E-state index in [0.717, 1.165) is 25.1 Å². The van der Waals surface area contributed by atoms with Gasteiger partial charge in [-0.1, -0.05) is 18.2 Å². The molecule has 1 aromatic carbocycles. The van der Waals surface area contributed by atoms with Crippen LogP contribution in [0.1, 0.15) is 40.0 Å². The summed E-state index contributed by atoms with van der Waals surface area (Å²) in [6.45, 7) is 8.98. The lowest BCUT2D eigenvalue weighted by Crippen LogP contribution is -2.36. The largest absolute Gasteiger partial charge is 0.466 e. The van der Waals surface area contributed by atoms with Gasteiger partial charge in [-0.2, -0.15) is 0 Å². The Kier molecular flexibility index (Phi) is 10.9. The van der Waals surface area contributed by atoms with Gasteiger partial charge in [0.25, 0.3) is 0 Å². The molecule has 0 radical (unpaired) electrons. The zero-order valence-corrected chi connectivity index (χ0v) is 15.2. The number of para-hydroxylation sites is 1. The van der Waals surface area contributed by atoms with Crippen molar-refractivity contribution in [2.24, 2.45) is 0 Å². The first-order valence-corrected chi connectivity index (χ1v) is 8.90. The summed E-state index contributed by atoms with van der Waals surface area (Å²) in [6.07, 6.45) is 1.95. The molecule has 0 fully saturated rings. The van der Waals surface area contributed by atoms with Crippen molar-refractivity contribution in [2.45, 2.75) is 46.3 Å². The van der Waals surface area contributed by atoms with E-state index in [2.05, 4.69) is 17.0 Å². The number of esters is 1. The lowest BCUT2D eigenvalue weighted by molar-refractivity contribution is -0.143. The number of rotatable bonds is 13. The molecule has 0 unspecified atom stereocenters. The van der Waals surface area contributed by atoms with E-state index in [0.29, 0.717) is 32.8 Å². The van der Waals surface area contributed by atoms with Gasteiger partial charge >= 0.3 is 5.97 Å².